The average molecular weight is 513 g/mol. The maximum Gasteiger partial charge on any atom is 0.261 e. The quantitative estimate of drug-likeness (QED) is 0.263. The number of hydrogen-bond donors (Lipinski definition) is 1. The fraction of sp³-hybridized carbons (Fsp3) is 0. The van der Waals surface area contributed by atoms with Gasteiger partial charge in [-0.05, 0) is 48.5 Å². The van der Waals surface area contributed by atoms with Crippen LogP contribution in [0.3, 0.4) is 0 Å². The molecule has 0 aliphatic carbocycles. The molecule has 2 aromatic carbocycles. The highest BCUT2D eigenvalue weighted by molar-refractivity contribution is 7.92. The molecule has 176 valence electrons. The molecule has 0 aliphatic rings. The van der Waals surface area contributed by atoms with Gasteiger partial charge in [-0.15, -0.1) is 0 Å². The van der Waals surface area contributed by atoms with Crippen molar-refractivity contribution in [2.45, 2.75) is 4.90 Å². The molecule has 6 aromatic rings. The molecule has 0 saturated heterocycles. The molecule has 0 radical (unpaired) electrons. The van der Waals surface area contributed by atoms with Crippen molar-refractivity contribution in [3.63, 3.8) is 0 Å². The molecule has 9 heteroatoms. The summed E-state index contributed by atoms with van der Waals surface area (Å²) in [5.41, 5.74) is 4.25. The van der Waals surface area contributed by atoms with Gasteiger partial charge in [-0.25, -0.2) is 18.4 Å². The number of para-hydroxylation sites is 1. The van der Waals surface area contributed by atoms with Gasteiger partial charge in [-0.1, -0.05) is 48.0 Å². The molecule has 7 nitrogen and oxygen atoms in total. The number of furan rings is 1. The van der Waals surface area contributed by atoms with E-state index in [2.05, 4.69) is 14.7 Å². The highest BCUT2D eigenvalue weighted by Crippen LogP contribution is 2.33. The van der Waals surface area contributed by atoms with Crippen LogP contribution in [0.4, 0.5) is 5.69 Å². The summed E-state index contributed by atoms with van der Waals surface area (Å²) in [7, 11) is -3.84. The van der Waals surface area contributed by atoms with Crippen molar-refractivity contribution < 1.29 is 12.8 Å². The third-order valence-electron chi connectivity index (χ3n) is 5.71. The second-order valence-electron chi connectivity index (χ2n) is 8.05. The lowest BCUT2D eigenvalue weighted by Gasteiger charge is -2.11. The van der Waals surface area contributed by atoms with E-state index in [-0.39, 0.29) is 15.7 Å². The number of nitrogens with zero attached hydrogens (tertiary/aromatic N) is 3. The number of rotatable bonds is 5. The number of halogens is 1. The standard InChI is InChI=1S/C27H17ClN4O3S/c28-27-23(32-36(33,34)19-7-2-1-3-8-19)14-18(16-30-27)21-10-11-22-26(31-21)20(12-13-29-22)25-15-17-6-4-5-9-24(17)35-25/h1-16,32H. The predicted octanol–water partition coefficient (Wildman–Crippen LogP) is 6.56. The van der Waals surface area contributed by atoms with E-state index in [0.29, 0.717) is 28.1 Å². The van der Waals surface area contributed by atoms with Gasteiger partial charge in [0.15, 0.2) is 5.15 Å². The Morgan fingerprint density at radius 2 is 1.67 bits per heavy atom. The predicted molar refractivity (Wildman–Crippen MR) is 140 cm³/mol. The first-order chi connectivity index (χ1) is 17.5. The van der Waals surface area contributed by atoms with Crippen molar-refractivity contribution in [3.05, 3.63) is 102 Å². The molecule has 4 heterocycles. The first kappa shape index (κ1) is 22.2. The zero-order valence-corrected chi connectivity index (χ0v) is 20.2. The van der Waals surface area contributed by atoms with E-state index in [1.54, 1.807) is 42.7 Å². The van der Waals surface area contributed by atoms with Crippen LogP contribution in [0.5, 0.6) is 0 Å². The minimum absolute atomic E-state index is 0.0312. The maximum absolute atomic E-state index is 12.8. The third kappa shape index (κ3) is 4.06. The number of aromatic nitrogens is 3. The molecule has 0 bridgehead atoms. The van der Waals surface area contributed by atoms with Crippen molar-refractivity contribution in [3.8, 4) is 22.6 Å². The second kappa shape index (κ2) is 8.75. The topological polar surface area (TPSA) is 98.0 Å². The van der Waals surface area contributed by atoms with Crippen LogP contribution in [0.1, 0.15) is 0 Å². The summed E-state index contributed by atoms with van der Waals surface area (Å²) >= 11 is 6.24. The van der Waals surface area contributed by atoms with Gasteiger partial charge < -0.3 is 4.42 Å². The number of fused-ring (bicyclic) bond motifs is 2. The van der Waals surface area contributed by atoms with Crippen molar-refractivity contribution in [1.82, 2.24) is 15.0 Å². The molecular formula is C27H17ClN4O3S. The number of benzene rings is 2. The van der Waals surface area contributed by atoms with Crippen LogP contribution >= 0.6 is 11.6 Å². The van der Waals surface area contributed by atoms with Crippen molar-refractivity contribution in [1.29, 1.82) is 0 Å². The number of hydrogen-bond acceptors (Lipinski definition) is 6. The van der Waals surface area contributed by atoms with Gasteiger partial charge in [0, 0.05) is 28.9 Å². The van der Waals surface area contributed by atoms with E-state index in [1.165, 1.54) is 12.1 Å². The Labute approximate surface area is 211 Å². The van der Waals surface area contributed by atoms with Crippen LogP contribution in [0.2, 0.25) is 5.15 Å². The van der Waals surface area contributed by atoms with Crippen molar-refractivity contribution in [2.75, 3.05) is 4.72 Å². The molecule has 0 amide bonds. The highest BCUT2D eigenvalue weighted by atomic mass is 35.5. The van der Waals surface area contributed by atoms with Gasteiger partial charge in [-0.2, -0.15) is 0 Å². The Kier molecular flexibility index (Phi) is 5.40. The van der Waals surface area contributed by atoms with Crippen LogP contribution in [0.15, 0.2) is 107 Å². The van der Waals surface area contributed by atoms with Crippen LogP contribution in [-0.2, 0) is 10.0 Å². The summed E-state index contributed by atoms with van der Waals surface area (Å²) in [5.74, 6) is 0.679. The Bertz CT molecular complexity index is 1820. The summed E-state index contributed by atoms with van der Waals surface area (Å²) in [6, 6.07) is 24.9. The molecule has 4 aromatic heterocycles. The van der Waals surface area contributed by atoms with E-state index < -0.39 is 10.0 Å². The van der Waals surface area contributed by atoms with Gasteiger partial charge in [0.05, 0.1) is 21.8 Å². The number of pyridine rings is 3. The first-order valence-electron chi connectivity index (χ1n) is 11.0. The minimum atomic E-state index is -3.84. The van der Waals surface area contributed by atoms with Crippen LogP contribution in [0.25, 0.3) is 44.6 Å². The lowest BCUT2D eigenvalue weighted by atomic mass is 10.1. The zero-order valence-electron chi connectivity index (χ0n) is 18.6. The second-order valence-corrected chi connectivity index (χ2v) is 10.1. The third-order valence-corrected chi connectivity index (χ3v) is 7.39. The molecule has 0 spiro atoms. The Morgan fingerprint density at radius 1 is 0.861 bits per heavy atom. The van der Waals surface area contributed by atoms with Crippen LogP contribution in [0, 0.1) is 0 Å². The highest BCUT2D eigenvalue weighted by Gasteiger charge is 2.18. The molecule has 0 atom stereocenters. The van der Waals surface area contributed by atoms with Gasteiger partial charge in [0.2, 0.25) is 0 Å². The first-order valence-corrected chi connectivity index (χ1v) is 12.8. The lowest BCUT2D eigenvalue weighted by molar-refractivity contribution is 0.601. The van der Waals surface area contributed by atoms with Crippen molar-refractivity contribution >= 4 is 49.3 Å². The summed E-state index contributed by atoms with van der Waals surface area (Å²) in [5, 5.41) is 1.02. The van der Waals surface area contributed by atoms with Crippen LogP contribution < -0.4 is 4.72 Å². The van der Waals surface area contributed by atoms with E-state index in [9.17, 15) is 8.42 Å². The lowest BCUT2D eigenvalue weighted by Crippen LogP contribution is -2.13. The Morgan fingerprint density at radius 3 is 2.50 bits per heavy atom. The summed E-state index contributed by atoms with van der Waals surface area (Å²) in [6.07, 6.45) is 3.26. The Hall–Kier alpha value is -4.27. The zero-order chi connectivity index (χ0) is 24.7. The fourth-order valence-electron chi connectivity index (χ4n) is 3.96. The van der Waals surface area contributed by atoms with Gasteiger partial charge >= 0.3 is 0 Å². The number of sulfonamides is 1. The smallest absolute Gasteiger partial charge is 0.261 e. The molecule has 6 rings (SSSR count). The maximum atomic E-state index is 12.8. The van der Waals surface area contributed by atoms with E-state index in [4.69, 9.17) is 21.0 Å². The SMILES string of the molecule is O=S(=O)(Nc1cc(-c2ccc3nccc(-c4cc5ccccc5o4)c3n2)cnc1Cl)c1ccccc1. The molecule has 0 saturated carbocycles. The van der Waals surface area contributed by atoms with Gasteiger partial charge in [-0.3, -0.25) is 9.71 Å². The summed E-state index contributed by atoms with van der Waals surface area (Å²) < 4.78 is 34.2. The monoisotopic (exact) mass is 512 g/mol. The molecule has 36 heavy (non-hydrogen) atoms. The van der Waals surface area contributed by atoms with E-state index >= 15 is 0 Å². The number of anilines is 1. The van der Waals surface area contributed by atoms with Gasteiger partial charge in [0.1, 0.15) is 16.9 Å². The number of nitrogens with one attached hydrogen (secondary N) is 1. The van der Waals surface area contributed by atoms with Crippen LogP contribution in [-0.4, -0.2) is 23.4 Å². The van der Waals surface area contributed by atoms with E-state index in [1.807, 2.05) is 42.5 Å². The normalized spacial score (nSPS) is 11.7. The van der Waals surface area contributed by atoms with E-state index in [0.717, 1.165) is 16.5 Å². The van der Waals surface area contributed by atoms with Gasteiger partial charge in [0.25, 0.3) is 10.0 Å². The largest absolute Gasteiger partial charge is 0.456 e. The minimum Gasteiger partial charge on any atom is -0.456 e. The molecule has 0 unspecified atom stereocenters. The molecular weight excluding hydrogens is 496 g/mol. The Balaban J connectivity index is 1.42. The van der Waals surface area contributed by atoms with Crippen molar-refractivity contribution in [2.24, 2.45) is 0 Å². The average Bonchev–Trinajstić information content (AvgIpc) is 3.34. The fourth-order valence-corrected chi connectivity index (χ4v) is 5.25. The summed E-state index contributed by atoms with van der Waals surface area (Å²) in [4.78, 5) is 13.6. The molecule has 1 N–H and O–H groups in total. The molecule has 0 aliphatic heterocycles. The molecule has 0 fully saturated rings. The summed E-state index contributed by atoms with van der Waals surface area (Å²) in [6.45, 7) is 0.